The van der Waals surface area contributed by atoms with Crippen molar-refractivity contribution < 1.29 is 25.6 Å². The van der Waals surface area contributed by atoms with E-state index in [2.05, 4.69) is 50.2 Å². The Morgan fingerprint density at radius 1 is 1.20 bits per heavy atom. The maximum atomic E-state index is 5.07. The van der Waals surface area contributed by atoms with Crippen LogP contribution in [0.3, 0.4) is 0 Å². The van der Waals surface area contributed by atoms with E-state index in [0.29, 0.717) is 0 Å². The van der Waals surface area contributed by atoms with E-state index >= 15 is 0 Å². The molecule has 0 atom stereocenters. The first-order chi connectivity index (χ1) is 9.56. The Balaban J connectivity index is 0.000000612. The van der Waals surface area contributed by atoms with Crippen molar-refractivity contribution in [2.24, 2.45) is 0 Å². The quantitative estimate of drug-likeness (QED) is 0.489. The maximum absolute atomic E-state index is 5.07. The van der Waals surface area contributed by atoms with Gasteiger partial charge in [-0.05, 0) is 18.4 Å². The van der Waals surface area contributed by atoms with Gasteiger partial charge in [0.25, 0.3) is 0 Å². The average Bonchev–Trinajstić information content (AvgIpc) is 2.84. The molecule has 1 fully saturated rings. The second-order valence-corrected chi connectivity index (χ2v) is 12.5. The first-order valence-corrected chi connectivity index (χ1v) is 15.6. The Morgan fingerprint density at radius 3 is 2.50 bits per heavy atom. The van der Waals surface area contributed by atoms with Crippen molar-refractivity contribution in [3.05, 3.63) is 59.5 Å². The van der Waals surface area contributed by atoms with E-state index in [1.54, 1.807) is 7.11 Å². The molecule has 2 nitrogen and oxygen atoms in total. The zero-order valence-electron chi connectivity index (χ0n) is 12.0. The Bertz CT molecular complexity index is 339. The first-order valence-electron chi connectivity index (χ1n) is 6.35. The molecule has 0 aliphatic heterocycles. The Labute approximate surface area is 143 Å². The number of rotatable bonds is 5. The van der Waals surface area contributed by atoms with E-state index in [-0.39, 0.29) is 0 Å². The third-order valence-electron chi connectivity index (χ3n) is 3.14. The predicted octanol–water partition coefficient (Wildman–Crippen LogP) is 4.40. The molecule has 0 aromatic heterocycles. The van der Waals surface area contributed by atoms with Crippen LogP contribution in [0, 0.1) is 30.2 Å². The van der Waals surface area contributed by atoms with Crippen molar-refractivity contribution >= 4 is 25.3 Å². The van der Waals surface area contributed by atoms with Crippen LogP contribution in [0.4, 0.5) is 0 Å². The fourth-order valence-electron chi connectivity index (χ4n) is 2.19. The number of halogens is 2. The summed E-state index contributed by atoms with van der Waals surface area (Å²) in [6, 6.07) is 0. The predicted molar refractivity (Wildman–Crippen MR) is 85.9 cm³/mol. The molecule has 2 rings (SSSR count). The van der Waals surface area contributed by atoms with Gasteiger partial charge in [0, 0.05) is 25.6 Å². The minimum absolute atomic E-state index is 0.717. The van der Waals surface area contributed by atoms with Crippen LogP contribution in [-0.2, 0) is 25.6 Å². The van der Waals surface area contributed by atoms with Crippen LogP contribution in [0.2, 0.25) is 13.1 Å². The molecule has 0 aromatic rings. The van der Waals surface area contributed by atoms with Crippen molar-refractivity contribution in [2.45, 2.75) is 13.1 Å². The molecule has 1 saturated carbocycles. The van der Waals surface area contributed by atoms with Crippen molar-refractivity contribution in [3.8, 4) is 0 Å². The third kappa shape index (κ3) is 5.70. The van der Waals surface area contributed by atoms with Gasteiger partial charge in [0.05, 0.1) is 0 Å². The second-order valence-electron chi connectivity index (χ2n) is 4.84. The zero-order valence-corrected chi connectivity index (χ0v) is 17.0. The van der Waals surface area contributed by atoms with E-state index in [1.807, 2.05) is 0 Å². The molecule has 5 radical (unpaired) electrons. The molecule has 0 saturated heterocycles. The van der Waals surface area contributed by atoms with E-state index in [9.17, 15) is 0 Å². The van der Waals surface area contributed by atoms with Crippen LogP contribution in [0.15, 0.2) is 24.3 Å². The van der Waals surface area contributed by atoms with Gasteiger partial charge in [-0.15, -0.1) is 6.54 Å². The molecule has 6 heteroatoms. The summed E-state index contributed by atoms with van der Waals surface area (Å²) in [5.74, 6) is 2.69. The first kappa shape index (κ1) is 19.1. The minimum atomic E-state index is -1.68. The summed E-state index contributed by atoms with van der Waals surface area (Å²) in [6.45, 7) is 6.11. The molecule has 0 bridgehead atoms. The molecule has 20 heavy (non-hydrogen) atoms. The molecular formula is C14H19Cl2NOSiZr+. The summed E-state index contributed by atoms with van der Waals surface area (Å²) in [5.41, 5.74) is 1.43. The van der Waals surface area contributed by atoms with Crippen molar-refractivity contribution in [2.75, 3.05) is 20.3 Å². The van der Waals surface area contributed by atoms with Gasteiger partial charge < -0.3 is 9.72 Å². The number of allylic oxidation sites excluding steroid dienone is 4. The van der Waals surface area contributed by atoms with Crippen LogP contribution in [0.1, 0.15) is 0 Å². The molecule has 0 unspecified atom stereocenters. The van der Waals surface area contributed by atoms with Crippen molar-refractivity contribution in [1.29, 1.82) is 0 Å². The standard InChI is InChI=1S/C14H19NOSi.2ClH.Zr/c1-16-11-10-15-17(2,3)14-9-8-12-6-4-5-7-13(12)14;;;/h4-9H,10-11H2,1-3H3;2*1H;/q-1;;;+4/p-2. The molecule has 0 spiro atoms. The van der Waals surface area contributed by atoms with Crippen LogP contribution < -0.4 is 0 Å². The summed E-state index contributed by atoms with van der Waals surface area (Å²) in [5, 5.41) is 0. The summed E-state index contributed by atoms with van der Waals surface area (Å²) in [4.78, 5) is 4.85. The summed E-state index contributed by atoms with van der Waals surface area (Å²) >= 11 is -0.826. The van der Waals surface area contributed by atoms with E-state index in [0.717, 1.165) is 13.2 Å². The van der Waals surface area contributed by atoms with E-state index in [1.165, 1.54) is 17.4 Å². The third-order valence-corrected chi connectivity index (χ3v) is 5.91. The summed E-state index contributed by atoms with van der Waals surface area (Å²) < 4.78 is 5.07. The van der Waals surface area contributed by atoms with Crippen LogP contribution in [0.25, 0.3) is 4.98 Å². The molecule has 2 aliphatic rings. The summed E-state index contributed by atoms with van der Waals surface area (Å²) in [7, 11) is 9.91. The van der Waals surface area contributed by atoms with Gasteiger partial charge in [-0.3, -0.25) is 0 Å². The van der Waals surface area contributed by atoms with Crippen LogP contribution in [0.5, 0.6) is 0 Å². The number of ether oxygens (including phenoxy) is 1. The van der Waals surface area contributed by atoms with Gasteiger partial charge in [-0.2, -0.15) is 0 Å². The van der Waals surface area contributed by atoms with Gasteiger partial charge in [0.1, 0.15) is 0 Å². The van der Waals surface area contributed by atoms with Crippen molar-refractivity contribution in [1.82, 2.24) is 0 Å². The molecular weight excluding hydrogens is 388 g/mol. The number of methoxy groups -OCH3 is 1. The normalized spacial score (nSPS) is 19.4. The van der Waals surface area contributed by atoms with E-state index < -0.39 is 29.1 Å². The molecule has 2 aliphatic carbocycles. The Kier molecular flexibility index (Phi) is 9.53. The number of hydrogen-bond donors (Lipinski definition) is 0. The van der Waals surface area contributed by atoms with Gasteiger partial charge >= 0.3 is 37.9 Å². The molecule has 0 N–H and O–H groups in total. The Hall–Kier alpha value is 1.08. The number of fused-ring (bicyclic) bond motifs is 1. The zero-order chi connectivity index (χ0) is 15.0. The number of hydrogen-bond acceptors (Lipinski definition) is 1. The van der Waals surface area contributed by atoms with Gasteiger partial charge in [0.2, 0.25) is 0 Å². The molecule has 0 heterocycles. The van der Waals surface area contributed by atoms with Gasteiger partial charge in [-0.25, -0.2) is 0 Å². The SMILES string of the molecule is COCC[N-][Si](C)(C)[C]1[CH][CH][C]2C=CC=C[C]21.[Cl][Zr+2][Cl]. The van der Waals surface area contributed by atoms with Crippen LogP contribution in [-0.4, -0.2) is 28.5 Å². The fourth-order valence-corrected chi connectivity index (χ4v) is 4.38. The topological polar surface area (TPSA) is 23.3 Å². The number of nitrogens with zero attached hydrogens (tertiary/aromatic N) is 1. The fraction of sp³-hybridized carbons (Fsp3) is 0.357. The molecule has 107 valence electrons. The monoisotopic (exact) mass is 405 g/mol. The van der Waals surface area contributed by atoms with Crippen LogP contribution >= 0.6 is 17.0 Å². The van der Waals surface area contributed by atoms with Gasteiger partial charge in [-0.1, -0.05) is 45.6 Å². The average molecular weight is 408 g/mol. The summed E-state index contributed by atoms with van der Waals surface area (Å²) in [6.07, 6.45) is 13.0. The van der Waals surface area contributed by atoms with E-state index in [4.69, 9.17) is 26.7 Å². The second kappa shape index (κ2) is 9.97. The molecule has 0 amide bonds. The van der Waals surface area contributed by atoms with Crippen molar-refractivity contribution in [3.63, 3.8) is 0 Å². The Morgan fingerprint density at radius 2 is 1.85 bits per heavy atom. The molecule has 0 aromatic carbocycles. The van der Waals surface area contributed by atoms with Gasteiger partial charge in [0.15, 0.2) is 0 Å².